The fourth-order valence-corrected chi connectivity index (χ4v) is 1.98. The third-order valence-electron chi connectivity index (χ3n) is 2.04. The second kappa shape index (κ2) is 5.20. The van der Waals surface area contributed by atoms with Crippen LogP contribution in [0, 0.1) is 0 Å². The number of halogens is 3. The first-order valence-electron chi connectivity index (χ1n) is 4.26. The molecule has 88 valence electrons. The number of carboxylic acids is 1. The lowest BCUT2D eigenvalue weighted by Crippen LogP contribution is -2.20. The van der Waals surface area contributed by atoms with Gasteiger partial charge in [-0.15, -0.1) is 0 Å². The lowest BCUT2D eigenvalue weighted by molar-refractivity contribution is -0.136. The number of aliphatic carboxylic acids is 1. The predicted octanol–water partition coefficient (Wildman–Crippen LogP) is 1.83. The van der Waals surface area contributed by atoms with Gasteiger partial charge in [0.1, 0.15) is 0 Å². The van der Waals surface area contributed by atoms with Gasteiger partial charge in [0.2, 0.25) is 0 Å². The summed E-state index contributed by atoms with van der Waals surface area (Å²) in [6.45, 7) is 0. The summed E-state index contributed by atoms with van der Waals surface area (Å²) in [4.78, 5) is 23.9. The Balaban J connectivity index is 3.38. The molecule has 0 aromatic carbocycles. The zero-order valence-electron chi connectivity index (χ0n) is 7.97. The minimum atomic E-state index is -2.75. The van der Waals surface area contributed by atoms with E-state index in [1.807, 2.05) is 0 Å². The first-order chi connectivity index (χ1) is 7.47. The van der Waals surface area contributed by atoms with Crippen molar-refractivity contribution in [2.45, 2.75) is 18.2 Å². The van der Waals surface area contributed by atoms with Crippen LogP contribution in [0.5, 0.6) is 0 Å². The predicted molar refractivity (Wildman–Crippen MR) is 56.0 cm³/mol. The van der Waals surface area contributed by atoms with Crippen molar-refractivity contribution in [1.82, 2.24) is 4.98 Å². The first-order valence-corrected chi connectivity index (χ1v) is 5.38. The maximum atomic E-state index is 12.6. The van der Waals surface area contributed by atoms with E-state index >= 15 is 0 Å². The average Bonchev–Trinajstić information content (AvgIpc) is 2.19. The molecule has 0 bridgehead atoms. The Morgan fingerprint density at radius 2 is 2.12 bits per heavy atom. The Morgan fingerprint density at radius 3 is 2.56 bits per heavy atom. The monoisotopic (exact) mass is 295 g/mol. The Labute approximate surface area is 97.4 Å². The van der Waals surface area contributed by atoms with Crippen LogP contribution < -0.4 is 5.56 Å². The topological polar surface area (TPSA) is 70.2 Å². The van der Waals surface area contributed by atoms with Gasteiger partial charge in [-0.3, -0.25) is 9.59 Å². The van der Waals surface area contributed by atoms with Crippen LogP contribution in [0.4, 0.5) is 8.78 Å². The van der Waals surface area contributed by atoms with Gasteiger partial charge >= 0.3 is 5.97 Å². The quantitative estimate of drug-likeness (QED) is 0.833. The van der Waals surface area contributed by atoms with Crippen molar-refractivity contribution in [3.8, 4) is 0 Å². The van der Waals surface area contributed by atoms with Crippen LogP contribution in [0.1, 0.15) is 23.1 Å². The molecule has 7 heteroatoms. The van der Waals surface area contributed by atoms with Crippen molar-refractivity contribution in [3.63, 3.8) is 0 Å². The van der Waals surface area contributed by atoms with E-state index in [9.17, 15) is 18.4 Å². The highest BCUT2D eigenvalue weighted by Crippen LogP contribution is 2.25. The Bertz CT molecular complexity index is 459. The molecule has 0 radical (unpaired) electrons. The van der Waals surface area contributed by atoms with E-state index in [0.717, 1.165) is 6.20 Å². The molecule has 0 aliphatic carbocycles. The molecule has 1 aromatic rings. The second-order valence-corrected chi connectivity index (χ2v) is 3.60. The van der Waals surface area contributed by atoms with Gasteiger partial charge in [-0.05, 0) is 5.56 Å². The summed E-state index contributed by atoms with van der Waals surface area (Å²) < 4.78 is 25.1. The molecule has 0 unspecified atom stereocenters. The average molecular weight is 296 g/mol. The second-order valence-electron chi connectivity index (χ2n) is 3.04. The number of aromatic nitrogens is 1. The summed E-state index contributed by atoms with van der Waals surface area (Å²) in [5.74, 6) is -1.24. The number of aromatic amines is 1. The molecule has 0 aliphatic heterocycles. The fourth-order valence-electron chi connectivity index (χ4n) is 1.32. The molecular formula is C9H8BrF2NO3. The van der Waals surface area contributed by atoms with Gasteiger partial charge in [-0.25, -0.2) is 8.78 Å². The molecule has 2 N–H and O–H groups in total. The van der Waals surface area contributed by atoms with E-state index in [2.05, 4.69) is 20.9 Å². The standard InChI is InChI=1S/C9H8BrF2NO3/c10-2-5-4(1-7(14)15)9(16)13-3-6(5)8(11)12/h3,8H,1-2H2,(H,13,16)(H,14,15). The molecule has 0 amide bonds. The third kappa shape index (κ3) is 2.66. The van der Waals surface area contributed by atoms with E-state index < -0.39 is 24.4 Å². The molecule has 0 atom stereocenters. The maximum absolute atomic E-state index is 12.6. The third-order valence-corrected chi connectivity index (χ3v) is 2.60. The van der Waals surface area contributed by atoms with Gasteiger partial charge in [0.05, 0.1) is 6.42 Å². The van der Waals surface area contributed by atoms with Crippen LogP contribution in [0.15, 0.2) is 11.0 Å². The summed E-state index contributed by atoms with van der Waals surface area (Å²) >= 11 is 2.97. The number of nitrogens with one attached hydrogen (secondary N) is 1. The number of carbonyl (C=O) groups is 1. The van der Waals surface area contributed by atoms with Gasteiger partial charge in [-0.1, -0.05) is 15.9 Å². The lowest BCUT2D eigenvalue weighted by Gasteiger charge is -2.09. The van der Waals surface area contributed by atoms with Gasteiger partial charge in [0, 0.05) is 22.7 Å². The lowest BCUT2D eigenvalue weighted by atomic mass is 10.0. The van der Waals surface area contributed by atoms with E-state index in [1.165, 1.54) is 0 Å². The summed E-state index contributed by atoms with van der Waals surface area (Å²) in [5, 5.41) is 8.60. The molecule has 0 saturated carbocycles. The zero-order valence-corrected chi connectivity index (χ0v) is 9.55. The number of hydrogen-bond acceptors (Lipinski definition) is 2. The summed E-state index contributed by atoms with van der Waals surface area (Å²) in [6.07, 6.45) is -2.41. The van der Waals surface area contributed by atoms with Gasteiger partial charge < -0.3 is 10.1 Å². The number of hydrogen-bond donors (Lipinski definition) is 2. The summed E-state index contributed by atoms with van der Waals surface area (Å²) in [6, 6.07) is 0. The van der Waals surface area contributed by atoms with Crippen LogP contribution in [-0.4, -0.2) is 16.1 Å². The minimum Gasteiger partial charge on any atom is -0.481 e. The fraction of sp³-hybridized carbons (Fsp3) is 0.333. The van der Waals surface area contributed by atoms with Crippen molar-refractivity contribution in [2.75, 3.05) is 0 Å². The Kier molecular flexibility index (Phi) is 4.17. The molecule has 1 rings (SSSR count). The summed E-state index contributed by atoms with van der Waals surface area (Å²) in [7, 11) is 0. The molecule has 1 aromatic heterocycles. The van der Waals surface area contributed by atoms with Crippen LogP contribution in [0.3, 0.4) is 0 Å². The van der Waals surface area contributed by atoms with Crippen molar-refractivity contribution < 1.29 is 18.7 Å². The molecule has 1 heterocycles. The number of pyridine rings is 1. The van der Waals surface area contributed by atoms with Crippen LogP contribution in [-0.2, 0) is 16.5 Å². The van der Waals surface area contributed by atoms with Gasteiger partial charge in [0.25, 0.3) is 12.0 Å². The zero-order chi connectivity index (χ0) is 12.3. The largest absolute Gasteiger partial charge is 0.481 e. The SMILES string of the molecule is O=C(O)Cc1c(CBr)c(C(F)F)c[nH]c1=O. The molecule has 4 nitrogen and oxygen atoms in total. The number of carboxylic acid groups (broad SMARTS) is 1. The summed E-state index contributed by atoms with van der Waals surface area (Å²) in [5.41, 5.74) is -1.10. The molecule has 0 fully saturated rings. The van der Waals surface area contributed by atoms with E-state index in [1.54, 1.807) is 0 Å². The van der Waals surface area contributed by atoms with Gasteiger partial charge in [0.15, 0.2) is 0 Å². The molecule has 16 heavy (non-hydrogen) atoms. The number of alkyl halides is 3. The Morgan fingerprint density at radius 1 is 1.50 bits per heavy atom. The molecule has 0 saturated heterocycles. The van der Waals surface area contributed by atoms with Crippen molar-refractivity contribution in [2.24, 2.45) is 0 Å². The minimum absolute atomic E-state index is 0.0131. The smallest absolute Gasteiger partial charge is 0.308 e. The van der Waals surface area contributed by atoms with Crippen LogP contribution >= 0.6 is 15.9 Å². The van der Waals surface area contributed by atoms with Crippen molar-refractivity contribution in [1.29, 1.82) is 0 Å². The van der Waals surface area contributed by atoms with Crippen LogP contribution in [0.2, 0.25) is 0 Å². The van der Waals surface area contributed by atoms with Crippen LogP contribution in [0.25, 0.3) is 0 Å². The molecule has 0 spiro atoms. The van der Waals surface area contributed by atoms with E-state index in [-0.39, 0.29) is 22.0 Å². The number of H-pyrrole nitrogens is 1. The highest BCUT2D eigenvalue weighted by atomic mass is 79.9. The Hall–Kier alpha value is -1.24. The van der Waals surface area contributed by atoms with E-state index in [4.69, 9.17) is 5.11 Å². The van der Waals surface area contributed by atoms with Crippen molar-refractivity contribution >= 4 is 21.9 Å². The molecular weight excluding hydrogens is 288 g/mol. The number of rotatable bonds is 4. The normalized spacial score (nSPS) is 10.8. The highest BCUT2D eigenvalue weighted by molar-refractivity contribution is 9.08. The highest BCUT2D eigenvalue weighted by Gasteiger charge is 2.19. The first kappa shape index (κ1) is 12.8. The van der Waals surface area contributed by atoms with E-state index in [0.29, 0.717) is 0 Å². The van der Waals surface area contributed by atoms with Gasteiger partial charge in [-0.2, -0.15) is 0 Å². The van der Waals surface area contributed by atoms with Crippen molar-refractivity contribution in [3.05, 3.63) is 33.2 Å². The molecule has 0 aliphatic rings. The maximum Gasteiger partial charge on any atom is 0.308 e.